The zero-order valence-corrected chi connectivity index (χ0v) is 19.5. The van der Waals surface area contributed by atoms with E-state index in [1.807, 2.05) is 33.9 Å². The van der Waals surface area contributed by atoms with Gasteiger partial charge in [0.25, 0.3) is 5.91 Å². The summed E-state index contributed by atoms with van der Waals surface area (Å²) in [5.74, 6) is 1.47. The molecule has 0 saturated carbocycles. The molecule has 2 N–H and O–H groups in total. The van der Waals surface area contributed by atoms with Crippen LogP contribution in [0.4, 0.5) is 0 Å². The normalized spacial score (nSPS) is 19.9. The van der Waals surface area contributed by atoms with Crippen LogP contribution in [0, 0.1) is 5.92 Å². The van der Waals surface area contributed by atoms with Gasteiger partial charge in [-0.05, 0) is 68.5 Å². The predicted molar refractivity (Wildman–Crippen MR) is 124 cm³/mol. The molecule has 31 heavy (non-hydrogen) atoms. The maximum absolute atomic E-state index is 13.1. The van der Waals surface area contributed by atoms with Crippen LogP contribution < -0.4 is 10.1 Å². The van der Waals surface area contributed by atoms with E-state index in [1.54, 1.807) is 19.6 Å². The van der Waals surface area contributed by atoms with Gasteiger partial charge in [-0.2, -0.15) is 0 Å². The van der Waals surface area contributed by atoms with Gasteiger partial charge in [-0.25, -0.2) is 4.98 Å². The van der Waals surface area contributed by atoms with Crippen LogP contribution in [0.2, 0.25) is 0 Å². The Kier molecular flexibility index (Phi) is 9.18. The number of ether oxygens (including phenoxy) is 1. The van der Waals surface area contributed by atoms with Gasteiger partial charge in [-0.1, -0.05) is 0 Å². The van der Waals surface area contributed by atoms with Crippen molar-refractivity contribution in [2.24, 2.45) is 5.92 Å². The lowest BCUT2D eigenvalue weighted by Crippen LogP contribution is -2.48. The van der Waals surface area contributed by atoms with Crippen molar-refractivity contribution in [3.63, 3.8) is 0 Å². The first-order chi connectivity index (χ1) is 14.1. The van der Waals surface area contributed by atoms with E-state index in [0.717, 1.165) is 37.2 Å². The summed E-state index contributed by atoms with van der Waals surface area (Å²) in [6, 6.07) is 5.75. The van der Waals surface area contributed by atoms with Gasteiger partial charge in [-0.3, -0.25) is 4.79 Å². The van der Waals surface area contributed by atoms with Crippen LogP contribution in [0.1, 0.15) is 35.2 Å². The van der Waals surface area contributed by atoms with E-state index < -0.39 is 5.60 Å². The van der Waals surface area contributed by atoms with Crippen molar-refractivity contribution in [3.8, 4) is 5.75 Å². The number of halogens is 2. The van der Waals surface area contributed by atoms with Gasteiger partial charge < -0.3 is 24.6 Å². The third kappa shape index (κ3) is 6.13. The average molecular weight is 471 g/mol. The van der Waals surface area contributed by atoms with Crippen molar-refractivity contribution in [2.45, 2.75) is 37.8 Å². The minimum atomic E-state index is -0.794. The van der Waals surface area contributed by atoms with E-state index in [-0.39, 0.29) is 30.7 Å². The Balaban J connectivity index is 0.00000171. The number of piperidine rings is 1. The molecule has 2 saturated heterocycles. The molecule has 1 aromatic heterocycles. The molecule has 2 fully saturated rings. The number of imidazole rings is 1. The van der Waals surface area contributed by atoms with Gasteiger partial charge in [0.15, 0.2) is 0 Å². The monoisotopic (exact) mass is 470 g/mol. The Bertz CT molecular complexity index is 833. The summed E-state index contributed by atoms with van der Waals surface area (Å²) in [4.78, 5) is 19.0. The molecule has 0 spiro atoms. The second kappa shape index (κ2) is 11.2. The van der Waals surface area contributed by atoms with E-state index >= 15 is 0 Å². The molecule has 1 atom stereocenters. The smallest absolute Gasteiger partial charge is 0.253 e. The Labute approximate surface area is 196 Å². The lowest BCUT2D eigenvalue weighted by Gasteiger charge is -2.38. The third-order valence-electron chi connectivity index (χ3n) is 6.22. The molecule has 4 rings (SSSR count). The molecule has 0 radical (unpaired) electrons. The summed E-state index contributed by atoms with van der Waals surface area (Å²) in [6.45, 7) is 3.69. The maximum Gasteiger partial charge on any atom is 0.253 e. The molecular formula is C22H32Cl2N4O3. The number of aliphatic hydroxyl groups is 1. The molecule has 172 valence electrons. The molecule has 0 aliphatic carbocycles. The average Bonchev–Trinajstić information content (AvgIpc) is 3.42. The Morgan fingerprint density at radius 1 is 1.32 bits per heavy atom. The minimum absolute atomic E-state index is 0. The van der Waals surface area contributed by atoms with Gasteiger partial charge in [-0.15, -0.1) is 24.8 Å². The van der Waals surface area contributed by atoms with Gasteiger partial charge in [0.05, 0.1) is 25.6 Å². The van der Waals surface area contributed by atoms with E-state index in [1.165, 1.54) is 0 Å². The molecule has 1 amide bonds. The second-order valence-corrected chi connectivity index (χ2v) is 8.34. The van der Waals surface area contributed by atoms with Crippen molar-refractivity contribution in [1.29, 1.82) is 0 Å². The first-order valence-corrected chi connectivity index (χ1v) is 10.4. The number of hydrogen-bond acceptors (Lipinski definition) is 5. The molecule has 3 heterocycles. The zero-order valence-electron chi connectivity index (χ0n) is 17.8. The fourth-order valence-corrected chi connectivity index (χ4v) is 4.46. The fourth-order valence-electron chi connectivity index (χ4n) is 4.46. The number of carbonyl (C=O) groups is 1. The third-order valence-corrected chi connectivity index (χ3v) is 6.22. The van der Waals surface area contributed by atoms with Crippen LogP contribution in [0.3, 0.4) is 0 Å². The van der Waals surface area contributed by atoms with Crippen molar-refractivity contribution < 1.29 is 14.6 Å². The van der Waals surface area contributed by atoms with E-state index in [2.05, 4.69) is 10.3 Å². The van der Waals surface area contributed by atoms with Crippen molar-refractivity contribution in [1.82, 2.24) is 19.8 Å². The highest BCUT2D eigenvalue weighted by atomic mass is 35.5. The molecule has 1 aromatic carbocycles. The van der Waals surface area contributed by atoms with Gasteiger partial charge in [0.1, 0.15) is 5.75 Å². The largest absolute Gasteiger partial charge is 0.496 e. The van der Waals surface area contributed by atoms with Crippen LogP contribution in [-0.4, -0.2) is 64.4 Å². The van der Waals surface area contributed by atoms with E-state index in [4.69, 9.17) is 4.74 Å². The highest BCUT2D eigenvalue weighted by Crippen LogP contribution is 2.28. The van der Waals surface area contributed by atoms with E-state index in [0.29, 0.717) is 44.0 Å². The number of amides is 1. The van der Waals surface area contributed by atoms with Crippen molar-refractivity contribution >= 4 is 30.7 Å². The standard InChI is InChI=1S/C22H30N4O3.2ClH/c1-29-20-3-2-18(13-19(20)12-17-4-7-23-14-17)21(27)26-9-5-22(28,6-10-26)15-25-11-8-24-16-25;;/h2-3,8,11,13,16-17,23,28H,4-7,9-10,12,14-15H2,1H3;2*1H. The molecule has 0 bridgehead atoms. The number of carbonyl (C=O) groups excluding carboxylic acids is 1. The van der Waals surface area contributed by atoms with Crippen LogP contribution in [0.25, 0.3) is 0 Å². The predicted octanol–water partition coefficient (Wildman–Crippen LogP) is 2.55. The lowest BCUT2D eigenvalue weighted by atomic mass is 9.90. The van der Waals surface area contributed by atoms with Gasteiger partial charge in [0.2, 0.25) is 0 Å². The molecule has 1 unspecified atom stereocenters. The maximum atomic E-state index is 13.1. The fraction of sp³-hybridized carbons (Fsp3) is 0.545. The van der Waals surface area contributed by atoms with Gasteiger partial charge >= 0.3 is 0 Å². The number of nitrogens with one attached hydrogen (secondary N) is 1. The molecule has 7 nitrogen and oxygen atoms in total. The van der Waals surface area contributed by atoms with Crippen molar-refractivity contribution in [3.05, 3.63) is 48.0 Å². The number of rotatable bonds is 6. The zero-order chi connectivity index (χ0) is 20.3. The topological polar surface area (TPSA) is 79.6 Å². The number of aromatic nitrogens is 2. The molecular weight excluding hydrogens is 439 g/mol. The van der Waals surface area contributed by atoms with Crippen LogP contribution in [0.5, 0.6) is 5.75 Å². The highest BCUT2D eigenvalue weighted by Gasteiger charge is 2.34. The highest BCUT2D eigenvalue weighted by molar-refractivity contribution is 5.94. The number of nitrogens with zero attached hydrogens (tertiary/aromatic N) is 3. The van der Waals surface area contributed by atoms with Crippen molar-refractivity contribution in [2.75, 3.05) is 33.3 Å². The summed E-state index contributed by atoms with van der Waals surface area (Å²) in [5.41, 5.74) is 1.00. The first kappa shape index (κ1) is 25.5. The SMILES string of the molecule is COc1ccc(C(=O)N2CCC(O)(Cn3ccnc3)CC2)cc1CC1CCNC1.Cl.Cl. The minimum Gasteiger partial charge on any atom is -0.496 e. The Morgan fingerprint density at radius 3 is 2.71 bits per heavy atom. The summed E-state index contributed by atoms with van der Waals surface area (Å²) in [7, 11) is 1.68. The number of hydrogen-bond donors (Lipinski definition) is 2. The van der Waals surface area contributed by atoms with E-state index in [9.17, 15) is 9.90 Å². The second-order valence-electron chi connectivity index (χ2n) is 8.34. The molecule has 2 aliphatic rings. The summed E-state index contributed by atoms with van der Waals surface area (Å²) in [5, 5.41) is 14.3. The summed E-state index contributed by atoms with van der Waals surface area (Å²) >= 11 is 0. The quantitative estimate of drug-likeness (QED) is 0.677. The Hall–Kier alpha value is -1.80. The Morgan fingerprint density at radius 2 is 2.10 bits per heavy atom. The first-order valence-electron chi connectivity index (χ1n) is 10.4. The lowest BCUT2D eigenvalue weighted by molar-refractivity contribution is -0.0292. The number of methoxy groups -OCH3 is 1. The molecule has 2 aliphatic heterocycles. The van der Waals surface area contributed by atoms with Gasteiger partial charge in [0, 0.05) is 31.0 Å². The summed E-state index contributed by atoms with van der Waals surface area (Å²) in [6.07, 6.45) is 8.49. The molecule has 9 heteroatoms. The molecule has 2 aromatic rings. The number of likely N-dealkylation sites (tertiary alicyclic amines) is 1. The number of benzene rings is 1. The summed E-state index contributed by atoms with van der Waals surface area (Å²) < 4.78 is 7.42. The van der Waals surface area contributed by atoms with Crippen LogP contribution in [0.15, 0.2) is 36.9 Å². The van der Waals surface area contributed by atoms with Crippen LogP contribution >= 0.6 is 24.8 Å². The van der Waals surface area contributed by atoms with Crippen LogP contribution in [-0.2, 0) is 13.0 Å².